The minimum Gasteiger partial charge on any atom is -0.466 e. The highest BCUT2D eigenvalue weighted by atomic mass is 16.3. The number of Topliss-reactive ketones (excluding diaryl/α,β-unsaturated/α-hetero) is 1. The van der Waals surface area contributed by atoms with Gasteiger partial charge in [-0.15, -0.1) is 0 Å². The van der Waals surface area contributed by atoms with Gasteiger partial charge in [-0.1, -0.05) is 39.0 Å². The normalized spacial score (nSPS) is 10.8. The molecule has 0 saturated heterocycles. The summed E-state index contributed by atoms with van der Waals surface area (Å²) in [5, 5.41) is 0. The predicted octanol–water partition coefficient (Wildman–Crippen LogP) is 4.69. The summed E-state index contributed by atoms with van der Waals surface area (Å²) in [6, 6.07) is 1.91. The van der Waals surface area contributed by atoms with Crippen LogP contribution in [0, 0.1) is 6.92 Å². The summed E-state index contributed by atoms with van der Waals surface area (Å²) in [4.78, 5) is 11.3. The smallest absolute Gasteiger partial charge is 0.163 e. The maximum Gasteiger partial charge on any atom is 0.163 e. The molecule has 17 heavy (non-hydrogen) atoms. The maximum atomic E-state index is 11.3. The van der Waals surface area contributed by atoms with E-state index >= 15 is 0 Å². The Labute approximate surface area is 104 Å². The Morgan fingerprint density at radius 1 is 1.18 bits per heavy atom. The lowest BCUT2D eigenvalue weighted by Crippen LogP contribution is -1.90. The summed E-state index contributed by atoms with van der Waals surface area (Å²) in [7, 11) is 0. The molecule has 0 aromatic carbocycles. The number of hydrogen-bond acceptors (Lipinski definition) is 2. The van der Waals surface area contributed by atoms with Crippen molar-refractivity contribution in [3.63, 3.8) is 0 Å². The fraction of sp³-hybridized carbons (Fsp3) is 0.667. The van der Waals surface area contributed by atoms with Gasteiger partial charge in [-0.05, 0) is 26.3 Å². The zero-order chi connectivity index (χ0) is 12.7. The standard InChI is InChI=1S/C15H24O2/c1-4-5-6-7-8-9-10-14-11-15(12(2)16)13(3)17-14/h11H,4-10H2,1-3H3. The van der Waals surface area contributed by atoms with Crippen molar-refractivity contribution in [1.29, 1.82) is 0 Å². The van der Waals surface area contributed by atoms with Crippen molar-refractivity contribution in [2.24, 2.45) is 0 Å². The van der Waals surface area contributed by atoms with Crippen LogP contribution in [0.1, 0.15) is 74.3 Å². The molecular weight excluding hydrogens is 212 g/mol. The first-order valence-corrected chi connectivity index (χ1v) is 6.75. The number of ketones is 1. The number of rotatable bonds is 8. The average Bonchev–Trinajstić information content (AvgIpc) is 2.65. The molecule has 0 spiro atoms. The van der Waals surface area contributed by atoms with E-state index in [1.165, 1.54) is 32.1 Å². The van der Waals surface area contributed by atoms with Crippen LogP contribution in [0.25, 0.3) is 0 Å². The molecule has 0 fully saturated rings. The Kier molecular flexibility index (Phi) is 6.03. The van der Waals surface area contributed by atoms with E-state index in [0.717, 1.165) is 29.9 Å². The van der Waals surface area contributed by atoms with Crippen molar-refractivity contribution in [2.75, 3.05) is 0 Å². The molecule has 2 heteroatoms. The van der Waals surface area contributed by atoms with Crippen LogP contribution in [-0.4, -0.2) is 5.78 Å². The molecule has 1 aromatic heterocycles. The molecule has 0 aliphatic rings. The Balaban J connectivity index is 2.27. The first-order valence-electron chi connectivity index (χ1n) is 6.75. The zero-order valence-corrected chi connectivity index (χ0v) is 11.3. The van der Waals surface area contributed by atoms with Crippen molar-refractivity contribution >= 4 is 5.78 Å². The minimum absolute atomic E-state index is 0.0976. The van der Waals surface area contributed by atoms with E-state index in [2.05, 4.69) is 6.92 Å². The molecule has 0 bridgehead atoms. The van der Waals surface area contributed by atoms with Gasteiger partial charge in [0.05, 0.1) is 5.56 Å². The Morgan fingerprint density at radius 2 is 1.82 bits per heavy atom. The average molecular weight is 236 g/mol. The van der Waals surface area contributed by atoms with Crippen molar-refractivity contribution in [1.82, 2.24) is 0 Å². The van der Waals surface area contributed by atoms with Gasteiger partial charge in [-0.3, -0.25) is 4.79 Å². The van der Waals surface area contributed by atoms with Gasteiger partial charge in [0.15, 0.2) is 5.78 Å². The van der Waals surface area contributed by atoms with Crippen LogP contribution in [0.5, 0.6) is 0 Å². The molecular formula is C15H24O2. The minimum atomic E-state index is 0.0976. The van der Waals surface area contributed by atoms with Crippen molar-refractivity contribution < 1.29 is 9.21 Å². The number of hydrogen-bond donors (Lipinski definition) is 0. The lowest BCUT2D eigenvalue weighted by molar-refractivity contribution is 0.101. The van der Waals surface area contributed by atoms with Crippen LogP contribution in [0.3, 0.4) is 0 Å². The van der Waals surface area contributed by atoms with Crippen LogP contribution < -0.4 is 0 Å². The molecule has 0 aliphatic heterocycles. The fourth-order valence-electron chi connectivity index (χ4n) is 2.10. The third kappa shape index (κ3) is 4.76. The molecule has 0 radical (unpaired) electrons. The predicted molar refractivity (Wildman–Crippen MR) is 70.5 cm³/mol. The van der Waals surface area contributed by atoms with Crippen molar-refractivity contribution in [3.8, 4) is 0 Å². The van der Waals surface area contributed by atoms with Crippen molar-refractivity contribution in [3.05, 3.63) is 23.2 Å². The lowest BCUT2D eigenvalue weighted by Gasteiger charge is -1.98. The van der Waals surface area contributed by atoms with E-state index in [4.69, 9.17) is 4.42 Å². The van der Waals surface area contributed by atoms with Gasteiger partial charge in [0.1, 0.15) is 11.5 Å². The second-order valence-electron chi connectivity index (χ2n) is 4.76. The fourth-order valence-corrected chi connectivity index (χ4v) is 2.10. The summed E-state index contributed by atoms with van der Waals surface area (Å²) in [5.41, 5.74) is 0.742. The van der Waals surface area contributed by atoms with Gasteiger partial charge in [0.25, 0.3) is 0 Å². The molecule has 0 amide bonds. The molecule has 1 heterocycles. The van der Waals surface area contributed by atoms with E-state index in [9.17, 15) is 4.79 Å². The third-order valence-corrected chi connectivity index (χ3v) is 3.12. The van der Waals surface area contributed by atoms with Gasteiger partial charge in [-0.2, -0.15) is 0 Å². The van der Waals surface area contributed by atoms with E-state index < -0.39 is 0 Å². The van der Waals surface area contributed by atoms with Crippen molar-refractivity contribution in [2.45, 2.75) is 65.7 Å². The monoisotopic (exact) mass is 236 g/mol. The molecule has 2 nitrogen and oxygen atoms in total. The van der Waals surface area contributed by atoms with Crippen LogP contribution in [-0.2, 0) is 6.42 Å². The summed E-state index contributed by atoms with van der Waals surface area (Å²) in [6.45, 7) is 5.68. The number of carbonyl (C=O) groups excluding carboxylic acids is 1. The second kappa shape index (κ2) is 7.31. The molecule has 96 valence electrons. The molecule has 0 atom stereocenters. The SMILES string of the molecule is CCCCCCCCc1cc(C(C)=O)c(C)o1. The van der Waals surface area contributed by atoms with Gasteiger partial charge in [-0.25, -0.2) is 0 Å². The number of furan rings is 1. The molecule has 0 aliphatic carbocycles. The van der Waals surface area contributed by atoms with Crippen LogP contribution in [0.4, 0.5) is 0 Å². The second-order valence-corrected chi connectivity index (χ2v) is 4.76. The summed E-state index contributed by atoms with van der Waals surface area (Å²) in [5.74, 6) is 1.82. The first kappa shape index (κ1) is 14.0. The summed E-state index contributed by atoms with van der Waals surface area (Å²) >= 11 is 0. The van der Waals surface area contributed by atoms with Gasteiger partial charge < -0.3 is 4.42 Å². The van der Waals surface area contributed by atoms with Gasteiger partial charge in [0, 0.05) is 6.42 Å². The Hall–Kier alpha value is -1.05. The quantitative estimate of drug-likeness (QED) is 0.484. The topological polar surface area (TPSA) is 30.2 Å². The molecule has 0 saturated carbocycles. The van der Waals surface area contributed by atoms with E-state index in [-0.39, 0.29) is 5.78 Å². The highest BCUT2D eigenvalue weighted by molar-refractivity contribution is 5.95. The summed E-state index contributed by atoms with van der Waals surface area (Å²) < 4.78 is 5.58. The van der Waals surface area contributed by atoms with Gasteiger partial charge >= 0.3 is 0 Å². The summed E-state index contributed by atoms with van der Waals surface area (Å²) in [6.07, 6.45) is 8.66. The Morgan fingerprint density at radius 3 is 2.41 bits per heavy atom. The molecule has 1 aromatic rings. The third-order valence-electron chi connectivity index (χ3n) is 3.12. The highest BCUT2D eigenvalue weighted by Crippen LogP contribution is 2.17. The lowest BCUT2D eigenvalue weighted by atomic mass is 10.1. The maximum absolute atomic E-state index is 11.3. The zero-order valence-electron chi connectivity index (χ0n) is 11.3. The number of carbonyl (C=O) groups is 1. The van der Waals surface area contributed by atoms with E-state index in [1.807, 2.05) is 13.0 Å². The van der Waals surface area contributed by atoms with Crippen LogP contribution in [0.15, 0.2) is 10.5 Å². The Bertz CT molecular complexity index is 350. The van der Waals surface area contributed by atoms with Crippen LogP contribution >= 0.6 is 0 Å². The number of unbranched alkanes of at least 4 members (excludes halogenated alkanes) is 5. The largest absolute Gasteiger partial charge is 0.466 e. The first-order chi connectivity index (χ1) is 8.15. The molecule has 0 N–H and O–H groups in total. The molecule has 1 rings (SSSR count). The molecule has 0 unspecified atom stereocenters. The van der Waals surface area contributed by atoms with Crippen LogP contribution in [0.2, 0.25) is 0 Å². The van der Waals surface area contributed by atoms with E-state index in [1.54, 1.807) is 6.92 Å². The number of aryl methyl sites for hydroxylation is 2. The van der Waals surface area contributed by atoms with E-state index in [0.29, 0.717) is 0 Å². The highest BCUT2D eigenvalue weighted by Gasteiger charge is 2.10. The van der Waals surface area contributed by atoms with Gasteiger partial charge in [0.2, 0.25) is 0 Å².